The van der Waals surface area contributed by atoms with Gasteiger partial charge in [-0.2, -0.15) is 0 Å². The molecule has 0 amide bonds. The molecule has 6 rings (SSSR count). The van der Waals surface area contributed by atoms with Crippen LogP contribution in [0.3, 0.4) is 0 Å². The van der Waals surface area contributed by atoms with Gasteiger partial charge in [-0.25, -0.2) is 13.8 Å². The second-order valence-electron chi connectivity index (χ2n) is 7.15. The first-order chi connectivity index (χ1) is 14.2. The molecule has 0 unspecified atom stereocenters. The first-order valence-corrected chi connectivity index (χ1v) is 9.22. The highest BCUT2D eigenvalue weighted by Gasteiger charge is 2.30. The smallest absolute Gasteiger partial charge is 0.266 e. The number of halogens is 2. The van der Waals surface area contributed by atoms with Gasteiger partial charge in [-0.1, -0.05) is 0 Å². The number of hydrogen-bond donors (Lipinski definition) is 0. The standard InChI is InChI=1S/C21H13F2N5O/c22-13-4-5-14(16(23)7-13)19-15(8-25-19)12-3-6-18-24-9-17(28(18)10-12)21-27-26-20(29-21)11-1-2-11/h3-11H,1-2H2. The van der Waals surface area contributed by atoms with Crippen LogP contribution in [0.1, 0.15) is 35.8 Å². The van der Waals surface area contributed by atoms with Crippen LogP contribution in [0.4, 0.5) is 8.78 Å². The van der Waals surface area contributed by atoms with Crippen molar-refractivity contribution in [2.24, 2.45) is 4.99 Å². The molecule has 1 fully saturated rings. The first-order valence-electron chi connectivity index (χ1n) is 9.22. The fraction of sp³-hybridized carbons (Fsp3) is 0.143. The third-order valence-electron chi connectivity index (χ3n) is 5.17. The third-order valence-corrected chi connectivity index (χ3v) is 5.17. The second kappa shape index (κ2) is 5.91. The van der Waals surface area contributed by atoms with Gasteiger partial charge in [0.05, 0.1) is 11.9 Å². The number of hydrogen-bond acceptors (Lipinski definition) is 5. The molecule has 0 spiro atoms. The molecule has 0 atom stereocenters. The summed E-state index contributed by atoms with van der Waals surface area (Å²) in [5.41, 5.74) is 3.75. The van der Waals surface area contributed by atoms with Crippen LogP contribution in [-0.4, -0.2) is 25.3 Å². The predicted octanol–water partition coefficient (Wildman–Crippen LogP) is 4.38. The lowest BCUT2D eigenvalue weighted by Crippen LogP contribution is -2.13. The average molecular weight is 389 g/mol. The number of pyridine rings is 1. The van der Waals surface area contributed by atoms with Crippen molar-refractivity contribution in [1.29, 1.82) is 0 Å². The van der Waals surface area contributed by atoms with Crippen molar-refractivity contribution in [3.8, 4) is 11.6 Å². The Bertz CT molecular complexity index is 1350. The molecule has 1 saturated carbocycles. The minimum Gasteiger partial charge on any atom is -0.419 e. The normalized spacial score (nSPS) is 15.9. The number of imidazole rings is 1. The van der Waals surface area contributed by atoms with E-state index in [0.717, 1.165) is 35.7 Å². The molecular formula is C21H13F2N5O. The lowest BCUT2D eigenvalue weighted by Gasteiger charge is -2.18. The first kappa shape index (κ1) is 16.3. The Hall–Kier alpha value is -3.68. The van der Waals surface area contributed by atoms with Crippen molar-refractivity contribution in [3.05, 3.63) is 77.6 Å². The van der Waals surface area contributed by atoms with E-state index < -0.39 is 11.6 Å². The molecule has 29 heavy (non-hydrogen) atoms. The maximum atomic E-state index is 14.2. The average Bonchev–Trinajstić information content (AvgIpc) is 3.27. The molecule has 0 radical (unpaired) electrons. The molecule has 2 aliphatic rings. The Morgan fingerprint density at radius 1 is 1.07 bits per heavy atom. The number of nitrogens with zero attached hydrogens (tertiary/aromatic N) is 5. The summed E-state index contributed by atoms with van der Waals surface area (Å²) in [7, 11) is 0. The lowest BCUT2D eigenvalue weighted by atomic mass is 9.94. The van der Waals surface area contributed by atoms with Crippen molar-refractivity contribution >= 4 is 16.9 Å². The Morgan fingerprint density at radius 3 is 2.72 bits per heavy atom. The number of allylic oxidation sites excluding steroid dienone is 1. The fourth-order valence-corrected chi connectivity index (χ4v) is 3.43. The van der Waals surface area contributed by atoms with Gasteiger partial charge in [0.25, 0.3) is 5.89 Å². The molecule has 4 heterocycles. The van der Waals surface area contributed by atoms with E-state index in [0.29, 0.717) is 29.1 Å². The Morgan fingerprint density at radius 2 is 1.97 bits per heavy atom. The van der Waals surface area contributed by atoms with Gasteiger partial charge in [-0.15, -0.1) is 10.2 Å². The number of aliphatic imine (C=N–C) groups is 1. The summed E-state index contributed by atoms with van der Waals surface area (Å²) in [6, 6.07) is 7.22. The van der Waals surface area contributed by atoms with Gasteiger partial charge >= 0.3 is 0 Å². The molecular weight excluding hydrogens is 376 g/mol. The predicted molar refractivity (Wildman–Crippen MR) is 101 cm³/mol. The molecule has 8 heteroatoms. The summed E-state index contributed by atoms with van der Waals surface area (Å²) in [5, 5.41) is 8.29. The Labute approximate surface area is 163 Å². The number of fused-ring (bicyclic) bond motifs is 1. The molecule has 3 aromatic heterocycles. The zero-order valence-electron chi connectivity index (χ0n) is 15.0. The van der Waals surface area contributed by atoms with E-state index in [1.165, 1.54) is 12.1 Å². The van der Waals surface area contributed by atoms with Crippen LogP contribution in [0.5, 0.6) is 0 Å². The molecule has 0 saturated heterocycles. The van der Waals surface area contributed by atoms with Gasteiger partial charge in [0.15, 0.2) is 0 Å². The van der Waals surface area contributed by atoms with E-state index in [1.54, 1.807) is 12.4 Å². The maximum absolute atomic E-state index is 14.2. The summed E-state index contributed by atoms with van der Waals surface area (Å²) < 4.78 is 35.1. The molecule has 4 aromatic rings. The second-order valence-corrected chi connectivity index (χ2v) is 7.15. The monoisotopic (exact) mass is 389 g/mol. The highest BCUT2D eigenvalue weighted by molar-refractivity contribution is 6.35. The van der Waals surface area contributed by atoms with Crippen LogP contribution in [0, 0.1) is 11.6 Å². The molecule has 142 valence electrons. The van der Waals surface area contributed by atoms with E-state index in [2.05, 4.69) is 20.2 Å². The van der Waals surface area contributed by atoms with Crippen molar-refractivity contribution < 1.29 is 13.2 Å². The van der Waals surface area contributed by atoms with E-state index in [4.69, 9.17) is 4.42 Å². The van der Waals surface area contributed by atoms with Gasteiger partial charge in [-0.3, -0.25) is 9.39 Å². The molecule has 0 bridgehead atoms. The zero-order valence-corrected chi connectivity index (χ0v) is 15.0. The van der Waals surface area contributed by atoms with Gasteiger partial charge in [0, 0.05) is 41.1 Å². The number of benzene rings is 1. The van der Waals surface area contributed by atoms with Crippen LogP contribution in [-0.2, 0) is 0 Å². The largest absolute Gasteiger partial charge is 0.419 e. The van der Waals surface area contributed by atoms with E-state index in [-0.39, 0.29) is 5.56 Å². The molecule has 6 nitrogen and oxygen atoms in total. The quantitative estimate of drug-likeness (QED) is 0.519. The molecule has 1 aliphatic carbocycles. The van der Waals surface area contributed by atoms with E-state index >= 15 is 0 Å². The highest BCUT2D eigenvalue weighted by Crippen LogP contribution is 2.40. The summed E-state index contributed by atoms with van der Waals surface area (Å²) in [5.74, 6) is 0.186. The highest BCUT2D eigenvalue weighted by atomic mass is 19.1. The van der Waals surface area contributed by atoms with Crippen molar-refractivity contribution in [2.45, 2.75) is 18.8 Å². The van der Waals surface area contributed by atoms with Gasteiger partial charge in [-0.05, 0) is 37.1 Å². The van der Waals surface area contributed by atoms with E-state index in [1.807, 2.05) is 22.7 Å². The van der Waals surface area contributed by atoms with Gasteiger partial charge in [0.1, 0.15) is 23.0 Å². The number of rotatable bonds is 4. The minimum absolute atomic E-state index is 0.265. The minimum atomic E-state index is -0.641. The lowest BCUT2D eigenvalue weighted by molar-refractivity contribution is 0.506. The molecule has 1 aromatic carbocycles. The van der Waals surface area contributed by atoms with Crippen LogP contribution >= 0.6 is 0 Å². The summed E-state index contributed by atoms with van der Waals surface area (Å²) >= 11 is 0. The number of aromatic nitrogens is 4. The topological polar surface area (TPSA) is 68.6 Å². The molecule has 1 aliphatic heterocycles. The van der Waals surface area contributed by atoms with Crippen LogP contribution < -0.4 is 0 Å². The van der Waals surface area contributed by atoms with Crippen molar-refractivity contribution in [3.63, 3.8) is 0 Å². The van der Waals surface area contributed by atoms with Gasteiger partial charge in [0.2, 0.25) is 5.89 Å². The maximum Gasteiger partial charge on any atom is 0.266 e. The summed E-state index contributed by atoms with van der Waals surface area (Å²) in [4.78, 5) is 8.59. The summed E-state index contributed by atoms with van der Waals surface area (Å²) in [6.07, 6.45) is 7.38. The zero-order chi connectivity index (χ0) is 19.5. The van der Waals surface area contributed by atoms with Crippen molar-refractivity contribution in [1.82, 2.24) is 19.6 Å². The van der Waals surface area contributed by atoms with Crippen molar-refractivity contribution in [2.75, 3.05) is 0 Å². The molecule has 0 N–H and O–H groups in total. The van der Waals surface area contributed by atoms with E-state index in [9.17, 15) is 8.78 Å². The Balaban J connectivity index is 1.38. The van der Waals surface area contributed by atoms with Crippen LogP contribution in [0.15, 0.2) is 58.3 Å². The fourth-order valence-electron chi connectivity index (χ4n) is 3.43. The van der Waals surface area contributed by atoms with Gasteiger partial charge < -0.3 is 4.42 Å². The third kappa shape index (κ3) is 2.60. The SMILES string of the molecule is Fc1ccc(C2=NC=C2c2ccc3ncc(-c4nnc(C5CC5)o4)n3c2)c(F)c1. The van der Waals surface area contributed by atoms with Crippen LogP contribution in [0.25, 0.3) is 22.8 Å². The van der Waals surface area contributed by atoms with Crippen LogP contribution in [0.2, 0.25) is 0 Å². The summed E-state index contributed by atoms with van der Waals surface area (Å²) in [6.45, 7) is 0. The Kier molecular flexibility index (Phi) is 3.32.